The third kappa shape index (κ3) is 6.07. The SMILES string of the molecule is N=C1CC(CCC[C@H]2CCC(=O)N2)CCC1=C(N)C(=O)NCc1ccc(Cl)cc1. The van der Waals surface area contributed by atoms with Gasteiger partial charge in [-0.2, -0.15) is 0 Å². The van der Waals surface area contributed by atoms with Crippen LogP contribution in [0.15, 0.2) is 35.5 Å². The van der Waals surface area contributed by atoms with E-state index in [1.54, 1.807) is 12.1 Å². The normalized spacial score (nSPS) is 23.6. The van der Waals surface area contributed by atoms with Crippen LogP contribution in [0.25, 0.3) is 0 Å². The van der Waals surface area contributed by atoms with E-state index in [0.717, 1.165) is 37.7 Å². The number of halogens is 1. The summed E-state index contributed by atoms with van der Waals surface area (Å²) in [5.74, 6) is 0.289. The minimum atomic E-state index is -0.324. The maximum absolute atomic E-state index is 12.4. The van der Waals surface area contributed by atoms with E-state index in [9.17, 15) is 9.59 Å². The second kappa shape index (κ2) is 9.92. The van der Waals surface area contributed by atoms with E-state index in [-0.39, 0.29) is 17.5 Å². The van der Waals surface area contributed by atoms with E-state index in [4.69, 9.17) is 22.7 Å². The van der Waals surface area contributed by atoms with Crippen molar-refractivity contribution in [1.82, 2.24) is 10.6 Å². The summed E-state index contributed by atoms with van der Waals surface area (Å²) < 4.78 is 0. The largest absolute Gasteiger partial charge is 0.394 e. The highest BCUT2D eigenvalue weighted by atomic mass is 35.5. The zero-order valence-corrected chi connectivity index (χ0v) is 17.4. The van der Waals surface area contributed by atoms with Gasteiger partial charge >= 0.3 is 0 Å². The van der Waals surface area contributed by atoms with Gasteiger partial charge in [-0.1, -0.05) is 30.2 Å². The highest BCUT2D eigenvalue weighted by Gasteiger charge is 2.26. The predicted molar refractivity (Wildman–Crippen MR) is 115 cm³/mol. The van der Waals surface area contributed by atoms with E-state index in [2.05, 4.69) is 10.6 Å². The number of rotatable bonds is 7. The number of nitrogens with one attached hydrogen (secondary N) is 3. The molecule has 2 atom stereocenters. The Bertz CT molecular complexity index is 804. The maximum atomic E-state index is 12.4. The molecule has 2 aliphatic rings. The van der Waals surface area contributed by atoms with Crippen molar-refractivity contribution < 1.29 is 9.59 Å². The molecule has 1 aromatic carbocycles. The summed E-state index contributed by atoms with van der Waals surface area (Å²) in [5, 5.41) is 14.8. The van der Waals surface area contributed by atoms with Gasteiger partial charge in [0.2, 0.25) is 5.91 Å². The summed E-state index contributed by atoms with van der Waals surface area (Å²) in [6.07, 6.45) is 6.97. The van der Waals surface area contributed by atoms with Gasteiger partial charge in [0.15, 0.2) is 0 Å². The van der Waals surface area contributed by atoms with Crippen molar-refractivity contribution in [3.05, 3.63) is 46.1 Å². The summed E-state index contributed by atoms with van der Waals surface area (Å²) in [7, 11) is 0. The number of hydrogen-bond acceptors (Lipinski definition) is 4. The van der Waals surface area contributed by atoms with E-state index >= 15 is 0 Å². The summed E-state index contributed by atoms with van der Waals surface area (Å²) in [4.78, 5) is 23.7. The van der Waals surface area contributed by atoms with Gasteiger partial charge in [0.05, 0.1) is 0 Å². The summed E-state index contributed by atoms with van der Waals surface area (Å²) >= 11 is 5.87. The van der Waals surface area contributed by atoms with Crippen LogP contribution >= 0.6 is 11.6 Å². The summed E-state index contributed by atoms with van der Waals surface area (Å²) in [5.41, 5.74) is 8.34. The molecule has 29 heavy (non-hydrogen) atoms. The van der Waals surface area contributed by atoms with Gasteiger partial charge in [-0.3, -0.25) is 9.59 Å². The number of nitrogens with two attached hydrogens (primary N) is 1. The lowest BCUT2D eigenvalue weighted by molar-refractivity contribution is -0.119. The van der Waals surface area contributed by atoms with Crippen molar-refractivity contribution in [1.29, 1.82) is 5.41 Å². The molecule has 2 fully saturated rings. The molecule has 0 radical (unpaired) electrons. The first-order valence-electron chi connectivity index (χ1n) is 10.3. The zero-order valence-electron chi connectivity index (χ0n) is 16.6. The molecule has 0 spiro atoms. The highest BCUT2D eigenvalue weighted by molar-refractivity contribution is 6.30. The molecular weight excluding hydrogens is 388 g/mol. The van der Waals surface area contributed by atoms with Gasteiger partial charge in [-0.05, 0) is 62.1 Å². The van der Waals surface area contributed by atoms with Crippen molar-refractivity contribution in [2.45, 2.75) is 64.0 Å². The lowest BCUT2D eigenvalue weighted by Gasteiger charge is -2.26. The third-order valence-electron chi connectivity index (χ3n) is 5.85. The van der Waals surface area contributed by atoms with Gasteiger partial charge in [0, 0.05) is 35.3 Å². The second-order valence-corrected chi connectivity index (χ2v) is 8.46. The van der Waals surface area contributed by atoms with E-state index in [1.807, 2.05) is 12.1 Å². The number of allylic oxidation sites excluding steroid dienone is 1. The molecule has 1 saturated heterocycles. The number of hydrogen-bond donors (Lipinski definition) is 4. The standard InChI is InChI=1S/C22H29ClN4O2/c23-16-7-4-15(5-8-16)13-26-22(29)21(25)18-10-6-14(12-19(18)24)2-1-3-17-9-11-20(28)27-17/h4-5,7-8,14,17,24H,1-3,6,9-13,25H2,(H,26,29)(H,27,28)/t14?,17-/m0/s1. The first kappa shape index (κ1) is 21.4. The van der Waals surface area contributed by atoms with E-state index in [1.165, 1.54) is 0 Å². The van der Waals surface area contributed by atoms with Crippen molar-refractivity contribution in [2.75, 3.05) is 0 Å². The lowest BCUT2D eigenvalue weighted by atomic mass is 9.80. The van der Waals surface area contributed by atoms with Crippen molar-refractivity contribution in [2.24, 2.45) is 11.7 Å². The van der Waals surface area contributed by atoms with Crippen molar-refractivity contribution in [3.63, 3.8) is 0 Å². The van der Waals surface area contributed by atoms with Gasteiger partial charge in [-0.25, -0.2) is 0 Å². The summed E-state index contributed by atoms with van der Waals surface area (Å²) in [6, 6.07) is 7.60. The van der Waals surface area contributed by atoms with Crippen LogP contribution in [0, 0.1) is 11.3 Å². The topological polar surface area (TPSA) is 108 Å². The molecule has 5 N–H and O–H groups in total. The molecule has 0 bridgehead atoms. The molecule has 1 saturated carbocycles. The molecule has 156 valence electrons. The van der Waals surface area contributed by atoms with Gasteiger partial charge < -0.3 is 21.8 Å². The second-order valence-electron chi connectivity index (χ2n) is 8.02. The average Bonchev–Trinajstić information content (AvgIpc) is 3.12. The molecule has 1 aliphatic carbocycles. The first-order chi connectivity index (χ1) is 13.9. The fourth-order valence-electron chi connectivity index (χ4n) is 4.12. The highest BCUT2D eigenvalue weighted by Crippen LogP contribution is 2.31. The molecule has 1 aromatic rings. The van der Waals surface area contributed by atoms with Gasteiger partial charge in [0.1, 0.15) is 5.70 Å². The van der Waals surface area contributed by atoms with E-state index < -0.39 is 0 Å². The summed E-state index contributed by atoms with van der Waals surface area (Å²) in [6.45, 7) is 0.373. The monoisotopic (exact) mass is 416 g/mol. The van der Waals surface area contributed by atoms with E-state index in [0.29, 0.717) is 54.1 Å². The molecule has 2 amide bonds. The molecule has 6 nitrogen and oxygen atoms in total. The Hall–Kier alpha value is -2.34. The Morgan fingerprint density at radius 2 is 1.97 bits per heavy atom. The Labute approximate surface area is 176 Å². The number of carbonyl (C=O) groups excluding carboxylic acids is 2. The number of carbonyl (C=O) groups is 2. The van der Waals surface area contributed by atoms with Crippen LogP contribution in [0.5, 0.6) is 0 Å². The molecule has 0 aromatic heterocycles. The Kier molecular flexibility index (Phi) is 7.31. The zero-order chi connectivity index (χ0) is 20.8. The van der Waals surface area contributed by atoms with Crippen LogP contribution in [0.3, 0.4) is 0 Å². The molecule has 1 aliphatic heterocycles. The number of benzene rings is 1. The minimum Gasteiger partial charge on any atom is -0.394 e. The van der Waals surface area contributed by atoms with Crippen molar-refractivity contribution in [3.8, 4) is 0 Å². The van der Waals surface area contributed by atoms with Crippen LogP contribution in [-0.4, -0.2) is 23.6 Å². The fourth-order valence-corrected chi connectivity index (χ4v) is 4.25. The van der Waals surface area contributed by atoms with Crippen LogP contribution in [-0.2, 0) is 16.1 Å². The fraction of sp³-hybridized carbons (Fsp3) is 0.500. The third-order valence-corrected chi connectivity index (χ3v) is 6.10. The molecule has 1 unspecified atom stereocenters. The van der Waals surface area contributed by atoms with Crippen LogP contribution < -0.4 is 16.4 Å². The Morgan fingerprint density at radius 3 is 2.62 bits per heavy atom. The molecular formula is C22H29ClN4O2. The van der Waals surface area contributed by atoms with Crippen LogP contribution in [0.1, 0.15) is 56.9 Å². The van der Waals surface area contributed by atoms with Gasteiger partial charge in [0.25, 0.3) is 5.91 Å². The predicted octanol–water partition coefficient (Wildman–Crippen LogP) is 3.44. The average molecular weight is 417 g/mol. The number of amides is 2. The molecule has 7 heteroatoms. The smallest absolute Gasteiger partial charge is 0.267 e. The Balaban J connectivity index is 1.45. The maximum Gasteiger partial charge on any atom is 0.267 e. The van der Waals surface area contributed by atoms with Crippen LogP contribution in [0.4, 0.5) is 0 Å². The lowest BCUT2D eigenvalue weighted by Crippen LogP contribution is -2.32. The molecule has 3 rings (SSSR count). The first-order valence-corrected chi connectivity index (χ1v) is 10.7. The van der Waals surface area contributed by atoms with Crippen molar-refractivity contribution >= 4 is 29.1 Å². The molecule has 1 heterocycles. The quantitative estimate of drug-likeness (QED) is 0.511. The Morgan fingerprint density at radius 1 is 1.21 bits per heavy atom. The minimum absolute atomic E-state index is 0.161. The van der Waals surface area contributed by atoms with Gasteiger partial charge in [-0.15, -0.1) is 0 Å². The van der Waals surface area contributed by atoms with Crippen LogP contribution in [0.2, 0.25) is 5.02 Å².